The van der Waals surface area contributed by atoms with E-state index in [9.17, 15) is 4.79 Å². The van der Waals surface area contributed by atoms with Gasteiger partial charge in [-0.25, -0.2) is 0 Å². The quantitative estimate of drug-likeness (QED) is 0.691. The molecule has 0 saturated heterocycles. The first-order chi connectivity index (χ1) is 2.27. The summed E-state index contributed by atoms with van der Waals surface area (Å²) in [4.78, 5) is 9.91. The van der Waals surface area contributed by atoms with Crippen LogP contribution in [0.2, 0.25) is 1.96 Å². The molecule has 0 fully saturated rings. The summed E-state index contributed by atoms with van der Waals surface area (Å²) in [6.45, 7) is 1.69. The molecule has 0 rings (SSSR count). The van der Waals surface area contributed by atoms with Crippen LogP contribution >= 0.6 is 0 Å². The molecule has 0 aromatic rings. The van der Waals surface area contributed by atoms with Gasteiger partial charge in [0.2, 0.25) is 0 Å². The van der Waals surface area contributed by atoms with Gasteiger partial charge in [-0.1, -0.05) is 0 Å². The molecule has 0 N–H and O–H groups in total. The van der Waals surface area contributed by atoms with Crippen molar-refractivity contribution in [1.82, 2.24) is 0 Å². The van der Waals surface area contributed by atoms with Crippen LogP contribution in [0.3, 0.4) is 0 Å². The normalized spacial score (nSPS) is 6.00. The fraction of sp³-hybridized carbons (Fsp3) is 0.667. The zero-order chi connectivity index (χ0) is 4.28. The zero-order valence-electron chi connectivity index (χ0n) is 3.62. The van der Waals surface area contributed by atoms with Gasteiger partial charge in [0.25, 0.3) is 0 Å². The summed E-state index contributed by atoms with van der Waals surface area (Å²) in [6.07, 6.45) is 0. The Labute approximate surface area is 54.2 Å². The topological polar surface area (TPSA) is 17.1 Å². The fourth-order valence-corrected chi connectivity index (χ4v) is 0. The SMILES string of the molecule is [CH3][Ra][C](C)=O. The molecule has 1 nitrogen and oxygen atoms in total. The van der Waals surface area contributed by atoms with Gasteiger partial charge in [-0.15, -0.1) is 0 Å². The maximum atomic E-state index is 9.91. The molecule has 0 saturated carbocycles. The van der Waals surface area contributed by atoms with Gasteiger partial charge in [0.15, 0.2) is 0 Å². The molecule has 0 aliphatic heterocycles. The molecule has 5 heavy (non-hydrogen) atoms. The summed E-state index contributed by atoms with van der Waals surface area (Å²) >= 11 is -0.915. The molecular formula is C3H6ORa. The Morgan fingerprint density at radius 3 is 2.00 bits per heavy atom. The van der Waals surface area contributed by atoms with Crippen molar-refractivity contribution >= 4 is 0.824 Å². The summed E-state index contributed by atoms with van der Waals surface area (Å²) in [5.41, 5.74) is 0. The molecule has 0 aliphatic carbocycles. The Morgan fingerprint density at radius 2 is 2.00 bits per heavy atom. The Kier molecular flexibility index (Phi) is 4.09. The molecule has 0 aromatic carbocycles. The van der Waals surface area contributed by atoms with Gasteiger partial charge >= 0.3 is 55.1 Å². The van der Waals surface area contributed by atoms with E-state index in [1.165, 1.54) is 0 Å². The number of carbonyl (C=O) groups is 1. The Morgan fingerprint density at radius 1 is 1.80 bits per heavy atom. The molecule has 0 heterocycles. The van der Waals surface area contributed by atoms with Crippen LogP contribution in [-0.2, 0) is 4.79 Å². The van der Waals surface area contributed by atoms with Crippen molar-refractivity contribution in [2.45, 2.75) is 8.89 Å². The molecule has 0 aromatic heterocycles. The predicted molar refractivity (Wildman–Crippen MR) is 16.5 cm³/mol. The van der Waals surface area contributed by atoms with E-state index in [1.54, 1.807) is 6.92 Å². The van der Waals surface area contributed by atoms with Gasteiger partial charge in [0, 0.05) is 0 Å². The minimum atomic E-state index is -0.915. The monoisotopic (exact) mass is 284 g/mol. The van der Waals surface area contributed by atoms with E-state index >= 15 is 0 Å². The Hall–Kier alpha value is 1.14. The number of carbonyl (C=O) groups excluding carboxylic acids is 1. The van der Waals surface area contributed by atoms with Crippen LogP contribution < -0.4 is 0 Å². The van der Waals surface area contributed by atoms with Crippen molar-refractivity contribution < 1.29 is 45.4 Å². The second-order valence-corrected chi connectivity index (χ2v) is 8.05. The minimum absolute atomic E-state index is 0.484. The van der Waals surface area contributed by atoms with Crippen molar-refractivity contribution in [2.24, 2.45) is 0 Å². The van der Waals surface area contributed by atoms with Gasteiger partial charge in [-0.05, 0) is 0 Å². The summed E-state index contributed by atoms with van der Waals surface area (Å²) < 4.78 is 2.56. The van der Waals surface area contributed by atoms with Crippen LogP contribution in [0.25, 0.3) is 0 Å². The van der Waals surface area contributed by atoms with Gasteiger partial charge in [-0.2, -0.15) is 0 Å². The van der Waals surface area contributed by atoms with E-state index < -0.39 is 40.6 Å². The fourth-order valence-electron chi connectivity index (χ4n) is 0. The third-order valence-corrected chi connectivity index (χ3v) is 4.59. The third kappa shape index (κ3) is 5.14. The van der Waals surface area contributed by atoms with Gasteiger partial charge in [-0.3, -0.25) is 0 Å². The first-order valence-electron chi connectivity index (χ1n) is 1.76. The molecule has 0 spiro atoms. The average Bonchev–Trinajstić information content (AvgIpc) is 1.38. The van der Waals surface area contributed by atoms with E-state index in [0.29, 0.717) is 0.824 Å². The van der Waals surface area contributed by atoms with E-state index in [1.807, 2.05) is 0 Å². The maximum absolute atomic E-state index is 9.91. The van der Waals surface area contributed by atoms with Gasteiger partial charge in [0.1, 0.15) is 0 Å². The molecule has 0 unspecified atom stereocenters. The van der Waals surface area contributed by atoms with Gasteiger partial charge in [0.05, 0.1) is 0 Å². The van der Waals surface area contributed by atoms with Crippen LogP contribution in [0.5, 0.6) is 0 Å². The van der Waals surface area contributed by atoms with Gasteiger partial charge < -0.3 is 0 Å². The van der Waals surface area contributed by atoms with Crippen LogP contribution in [0.4, 0.5) is 0 Å². The molecule has 26 valence electrons. The molecule has 0 bridgehead atoms. The summed E-state index contributed by atoms with van der Waals surface area (Å²) in [5.74, 6) is 0. The molecule has 0 aliphatic rings. The standard InChI is InChI=1S/C2H3O.CH3.Ra/c1-2-3;;/h1H3;1H3;. The van der Waals surface area contributed by atoms with E-state index in [-0.39, 0.29) is 0 Å². The third-order valence-electron chi connectivity index (χ3n) is 0.498. The Balaban J connectivity index is 2.85. The van der Waals surface area contributed by atoms with Crippen molar-refractivity contribution in [1.29, 1.82) is 0 Å². The summed E-state index contributed by atoms with van der Waals surface area (Å²) in [6, 6.07) is 0. The molecular weight excluding hydrogens is 278 g/mol. The number of rotatable bonds is 1. The second kappa shape index (κ2) is 3.33. The van der Waals surface area contributed by atoms with E-state index in [0.717, 1.165) is 0 Å². The van der Waals surface area contributed by atoms with Crippen molar-refractivity contribution in [3.05, 3.63) is 0 Å². The average molecular weight is 284 g/mol. The first-order valence-corrected chi connectivity index (χ1v) is 10.5. The van der Waals surface area contributed by atoms with Crippen molar-refractivity contribution in [3.63, 3.8) is 0 Å². The Bertz CT molecular complexity index is 42.2. The van der Waals surface area contributed by atoms with Crippen molar-refractivity contribution in [3.8, 4) is 0 Å². The summed E-state index contributed by atoms with van der Waals surface area (Å²) in [5, 5.41) is 0. The molecule has 2 heteroatoms. The summed E-state index contributed by atoms with van der Waals surface area (Å²) in [7, 11) is 0. The molecule has 0 amide bonds. The van der Waals surface area contributed by atoms with Crippen LogP contribution in [-0.4, -0.2) is 0.824 Å². The van der Waals surface area contributed by atoms with Crippen LogP contribution in [0.1, 0.15) is 6.92 Å². The van der Waals surface area contributed by atoms with E-state index in [2.05, 4.69) is 1.96 Å². The van der Waals surface area contributed by atoms with Crippen LogP contribution in [0.15, 0.2) is 0 Å². The molecule has 0 radical (unpaired) electrons. The number of hydrogen-bond acceptors (Lipinski definition) is 1. The molecule has 0 atom stereocenters. The van der Waals surface area contributed by atoms with Crippen LogP contribution in [0, 0.1) is 40.6 Å². The number of hydrogen-bond donors (Lipinski definition) is 0. The zero-order valence-corrected chi connectivity index (χ0v) is 9.43. The predicted octanol–water partition coefficient (Wildman–Crippen LogP) is 0.666. The van der Waals surface area contributed by atoms with Crippen molar-refractivity contribution in [2.75, 3.05) is 0 Å². The van der Waals surface area contributed by atoms with E-state index in [4.69, 9.17) is 0 Å². The first kappa shape index (κ1) is 6.14. The second-order valence-electron chi connectivity index (χ2n) is 1.06.